The van der Waals surface area contributed by atoms with Gasteiger partial charge in [-0.15, -0.1) is 6.04 Å². The zero-order valence-electron chi connectivity index (χ0n) is 17.8. The second-order valence-electron chi connectivity index (χ2n) is 7.26. The van der Waals surface area contributed by atoms with Gasteiger partial charge >= 0.3 is 5.97 Å². The molecule has 0 spiro atoms. The van der Waals surface area contributed by atoms with Crippen molar-refractivity contribution < 1.29 is 9.90 Å². The molecule has 0 saturated heterocycles. The van der Waals surface area contributed by atoms with Crippen molar-refractivity contribution in [3.63, 3.8) is 0 Å². The Kier molecular flexibility index (Phi) is 5.99. The summed E-state index contributed by atoms with van der Waals surface area (Å²) in [5, 5.41) is 13.0. The van der Waals surface area contributed by atoms with Gasteiger partial charge in [-0.2, -0.15) is 0 Å². The largest absolute Gasteiger partial charge is 0.476 e. The first-order chi connectivity index (χ1) is 15.3. The number of aryl methyl sites for hydroxylation is 1. The average Bonchev–Trinajstić information content (AvgIpc) is 2.77. The van der Waals surface area contributed by atoms with Crippen LogP contribution in [0.5, 0.6) is 0 Å². The second-order valence-corrected chi connectivity index (χ2v) is 7.65. The molecule has 3 aromatic heterocycles. The van der Waals surface area contributed by atoms with E-state index in [1.54, 1.807) is 27.0 Å². The first-order valence-electron chi connectivity index (χ1n) is 9.71. The molecule has 1 aromatic carbocycles. The third-order valence-corrected chi connectivity index (χ3v) is 5.17. The summed E-state index contributed by atoms with van der Waals surface area (Å²) < 4.78 is 1.51. The second kappa shape index (κ2) is 8.68. The van der Waals surface area contributed by atoms with Crippen LogP contribution >= 0.6 is 11.6 Å². The normalized spacial score (nSPS) is 10.5. The summed E-state index contributed by atoms with van der Waals surface area (Å²) in [7, 11) is 1.68. The molecular weight excluding hydrogens is 692 g/mol. The number of hydrogen-bond donors (Lipinski definition) is 2. The minimum atomic E-state index is -1.22. The van der Waals surface area contributed by atoms with Crippen LogP contribution in [-0.4, -0.2) is 30.6 Å². The van der Waals surface area contributed by atoms with Crippen LogP contribution in [0.3, 0.4) is 0 Å². The quantitative estimate of drug-likeness (QED) is 0.238. The molecule has 0 unspecified atom stereocenters. The predicted octanol–water partition coefficient (Wildman–Crippen LogP) is 4.06. The van der Waals surface area contributed by atoms with E-state index < -0.39 is 5.97 Å². The van der Waals surface area contributed by atoms with Gasteiger partial charge in [0.25, 0.3) is 0 Å². The Morgan fingerprint density at radius 2 is 1.82 bits per heavy atom. The Bertz CT molecular complexity index is 1410. The summed E-state index contributed by atoms with van der Waals surface area (Å²) in [6.45, 7) is 3.52. The number of carbonyl (C=O) groups is 1. The summed E-state index contributed by atoms with van der Waals surface area (Å²) in [6, 6.07) is 14.6. The van der Waals surface area contributed by atoms with Crippen molar-refractivity contribution in [2.45, 2.75) is 13.8 Å². The number of fused-ring (bicyclic) bond motifs is 1. The van der Waals surface area contributed by atoms with E-state index in [0.29, 0.717) is 34.2 Å². The van der Waals surface area contributed by atoms with Crippen LogP contribution in [0.1, 0.15) is 28.8 Å². The fourth-order valence-corrected chi connectivity index (χ4v) is 3.62. The monoisotopic (exact) mass is 710 g/mol. The molecule has 177 valence electrons. The first-order valence-corrected chi connectivity index (χ1v) is 10.1. The third-order valence-electron chi connectivity index (χ3n) is 4.96. The Labute approximate surface area is 188 Å². The summed E-state index contributed by atoms with van der Waals surface area (Å²) in [5.74, 6) is -0.717. The first kappa shape index (κ1) is 22.8. The van der Waals surface area contributed by atoms with Gasteiger partial charge in [-0.3, -0.25) is 14.3 Å². The van der Waals surface area contributed by atoms with Crippen LogP contribution in [0.2, 0.25) is 5.15 Å². The zero-order valence-corrected chi connectivity index (χ0v) is 20.7. The third kappa shape index (κ3) is 4.15. The van der Waals surface area contributed by atoms with Crippen LogP contribution in [0, 0.1) is 13.0 Å². The molecule has 10 heteroatoms. The van der Waals surface area contributed by atoms with E-state index in [1.807, 2.05) is 30.3 Å². The van der Waals surface area contributed by atoms with Crippen molar-refractivity contribution in [3.8, 4) is 11.4 Å². The van der Waals surface area contributed by atoms with Gasteiger partial charge < -0.3 is 15.4 Å². The van der Waals surface area contributed by atoms with E-state index in [2.05, 4.69) is 15.3 Å². The Hall–Kier alpha value is -4.91. The zero-order chi connectivity index (χ0) is 23.0. The molecule has 0 atom stereocenters. The number of carboxylic acid groups (broad SMARTS) is 1. The molecule has 8 nitrogen and oxygen atoms in total. The van der Waals surface area contributed by atoms with Crippen molar-refractivity contribution in [2.24, 2.45) is 7.05 Å². The number of carboxylic acids is 1. The number of rotatable bonds is 5. The van der Waals surface area contributed by atoms with Gasteiger partial charge in [0.1, 0.15) is 11.0 Å². The van der Waals surface area contributed by atoms with E-state index >= 15 is 0 Å². The molecule has 0 bridgehead atoms. The fraction of sp³-hybridized carbons (Fsp3) is 0.130. The number of hydrogen-bond acceptors (Lipinski definition) is 6. The maximum Gasteiger partial charge on any atom is 0.356 e. The number of halogens is 1. The molecule has 0 aliphatic heterocycles. The molecule has 0 saturated carbocycles. The minimum Gasteiger partial charge on any atom is -0.476 e. The topological polar surface area (TPSA) is 110 Å². The Balaban J connectivity index is 0.00000306. The van der Waals surface area contributed by atoms with E-state index in [-0.39, 0.29) is 22.1 Å². The summed E-state index contributed by atoms with van der Waals surface area (Å²) in [5.41, 5.74) is 2.12. The maximum absolute atomic E-state index is 13.2. The molecule has 0 aliphatic rings. The van der Waals surface area contributed by atoms with E-state index in [9.17, 15) is 14.7 Å². The molecule has 1 radical (unpaired) electrons. The van der Waals surface area contributed by atoms with Crippen molar-refractivity contribution in [3.05, 3.63) is 87.2 Å². The van der Waals surface area contributed by atoms with Crippen molar-refractivity contribution in [1.82, 2.24) is 19.5 Å². The molecule has 33 heavy (non-hydrogen) atoms. The standard InChI is InChI=1S/C23H19ClN5O3.Lr/c1-12-11-15-19(28-21(29(3)22(15)30)14-7-5-4-6-8-14)18(25-12)13(2)26-16-9-10-17(24)27-20(16)23(31)32;/h4-11,26H,1-3H3,(H,31,32);/q-1;. The minimum absolute atomic E-state index is 0. The SMILES string of the molecule is Cc1cc2c(=O)n(C)c(-c3ccccc3)nc2c([C-](C)Nc2ccc(Cl)nc2C(=O)O)n1.[Lr]. The number of nitrogens with one attached hydrogen (secondary N) is 1. The van der Waals surface area contributed by atoms with E-state index in [4.69, 9.17) is 16.6 Å². The number of benzene rings is 1. The van der Waals surface area contributed by atoms with Crippen LogP contribution < -0.4 is 10.9 Å². The van der Waals surface area contributed by atoms with Crippen LogP contribution in [0.15, 0.2) is 53.3 Å². The Morgan fingerprint density at radius 1 is 1.12 bits per heavy atom. The number of nitrogens with zero attached hydrogens (tertiary/aromatic N) is 4. The van der Waals surface area contributed by atoms with E-state index in [0.717, 1.165) is 5.56 Å². The van der Waals surface area contributed by atoms with Gasteiger partial charge in [0.2, 0.25) is 5.56 Å². The molecule has 3 heterocycles. The predicted molar refractivity (Wildman–Crippen MR) is 123 cm³/mol. The Morgan fingerprint density at radius 3 is 2.48 bits per heavy atom. The molecule has 2 N–H and O–H groups in total. The molecule has 4 aromatic rings. The van der Waals surface area contributed by atoms with Gasteiger partial charge in [0.15, 0.2) is 5.69 Å². The van der Waals surface area contributed by atoms with Crippen LogP contribution in [0.25, 0.3) is 22.3 Å². The number of anilines is 1. The fourth-order valence-electron chi connectivity index (χ4n) is 3.47. The maximum atomic E-state index is 13.2. The van der Waals surface area contributed by atoms with Gasteiger partial charge in [0.05, 0.1) is 5.69 Å². The molecule has 0 amide bonds. The molecular formula is C23H19ClLrN5O3-. The average molecular weight is 711 g/mol. The van der Waals surface area contributed by atoms with E-state index in [1.165, 1.54) is 16.7 Å². The van der Waals surface area contributed by atoms with Crippen LogP contribution in [-0.2, 0) is 7.05 Å². The molecule has 0 fully saturated rings. The van der Waals surface area contributed by atoms with Crippen molar-refractivity contribution >= 4 is 34.2 Å². The number of aromatic carboxylic acids is 1. The summed E-state index contributed by atoms with van der Waals surface area (Å²) >= 11 is 5.85. The van der Waals surface area contributed by atoms with Gasteiger partial charge in [-0.1, -0.05) is 54.6 Å². The smallest absolute Gasteiger partial charge is 0.356 e. The molecule has 0 aliphatic carbocycles. The van der Waals surface area contributed by atoms with Gasteiger partial charge in [-0.25, -0.2) is 9.78 Å². The molecule has 4 rings (SSSR count). The van der Waals surface area contributed by atoms with Crippen molar-refractivity contribution in [1.29, 1.82) is 0 Å². The number of aromatic nitrogens is 4. The number of pyridine rings is 2. The van der Waals surface area contributed by atoms with Crippen molar-refractivity contribution in [2.75, 3.05) is 5.32 Å². The summed E-state index contributed by atoms with van der Waals surface area (Å²) in [4.78, 5) is 38.0. The van der Waals surface area contributed by atoms with Gasteiger partial charge in [0, 0.05) is 18.3 Å². The van der Waals surface area contributed by atoms with Crippen LogP contribution in [0.4, 0.5) is 5.69 Å². The van der Waals surface area contributed by atoms with Gasteiger partial charge in [-0.05, 0) is 36.0 Å². The summed E-state index contributed by atoms with van der Waals surface area (Å²) in [6.07, 6.45) is 0.